The highest BCUT2D eigenvalue weighted by molar-refractivity contribution is 5.89. The molecule has 0 amide bonds. The number of aromatic hydroxyl groups is 1. The minimum Gasteiger partial charge on any atom is -0.504 e. The van der Waals surface area contributed by atoms with Crippen LogP contribution in [0.4, 0.5) is 0 Å². The molecule has 0 aromatic carbocycles. The first-order valence-electron chi connectivity index (χ1n) is 4.11. The van der Waals surface area contributed by atoms with Crippen molar-refractivity contribution in [1.82, 2.24) is 14.8 Å². The molecule has 0 aliphatic rings. The predicted octanol–water partition coefficient (Wildman–Crippen LogP) is 0.671. The minimum absolute atomic E-state index is 0.263. The van der Waals surface area contributed by atoms with Crippen LogP contribution < -0.4 is 0 Å². The molecule has 0 fully saturated rings. The molecule has 76 valence electrons. The zero-order valence-corrected chi connectivity index (χ0v) is 7.53. The Morgan fingerprint density at radius 1 is 1.33 bits per heavy atom. The average Bonchev–Trinajstić information content (AvgIpc) is 2.61. The SMILES string of the molecule is O=C(O)c1c(O)cnn1-c1ccncc1. The smallest absolute Gasteiger partial charge is 0.358 e. The molecular formula is C9H7N3O3. The van der Waals surface area contributed by atoms with Crippen molar-refractivity contribution in [3.63, 3.8) is 0 Å². The van der Waals surface area contributed by atoms with E-state index in [2.05, 4.69) is 10.1 Å². The zero-order chi connectivity index (χ0) is 10.8. The van der Waals surface area contributed by atoms with Gasteiger partial charge in [-0.15, -0.1) is 0 Å². The quantitative estimate of drug-likeness (QED) is 0.752. The minimum atomic E-state index is -1.23. The summed E-state index contributed by atoms with van der Waals surface area (Å²) in [6.07, 6.45) is 4.11. The van der Waals surface area contributed by atoms with Crippen molar-refractivity contribution in [2.45, 2.75) is 0 Å². The highest BCUT2D eigenvalue weighted by Gasteiger charge is 2.17. The van der Waals surface area contributed by atoms with E-state index in [9.17, 15) is 9.90 Å². The van der Waals surface area contributed by atoms with Crippen molar-refractivity contribution in [3.05, 3.63) is 36.4 Å². The van der Waals surface area contributed by atoms with E-state index in [0.717, 1.165) is 10.9 Å². The molecule has 0 atom stereocenters. The standard InChI is InChI=1S/C9H7N3O3/c13-7-5-11-12(8(7)9(14)15)6-1-3-10-4-2-6/h1-5,13H,(H,14,15). The van der Waals surface area contributed by atoms with Crippen LogP contribution in [0.25, 0.3) is 5.69 Å². The summed E-state index contributed by atoms with van der Waals surface area (Å²) in [5, 5.41) is 21.9. The van der Waals surface area contributed by atoms with Gasteiger partial charge in [0.25, 0.3) is 0 Å². The Bertz CT molecular complexity index is 493. The summed E-state index contributed by atoms with van der Waals surface area (Å²) >= 11 is 0. The summed E-state index contributed by atoms with van der Waals surface area (Å²) in [4.78, 5) is 14.6. The second-order valence-corrected chi connectivity index (χ2v) is 2.80. The Labute approximate surface area is 84.4 Å². The highest BCUT2D eigenvalue weighted by atomic mass is 16.4. The number of aromatic carboxylic acids is 1. The van der Waals surface area contributed by atoms with Crippen molar-refractivity contribution in [3.8, 4) is 11.4 Å². The Hall–Kier alpha value is -2.37. The van der Waals surface area contributed by atoms with E-state index in [-0.39, 0.29) is 11.4 Å². The average molecular weight is 205 g/mol. The van der Waals surface area contributed by atoms with Gasteiger partial charge in [-0.2, -0.15) is 5.10 Å². The topological polar surface area (TPSA) is 88.2 Å². The lowest BCUT2D eigenvalue weighted by atomic mass is 10.3. The molecule has 2 aromatic rings. The van der Waals surface area contributed by atoms with Crippen molar-refractivity contribution >= 4 is 5.97 Å². The Morgan fingerprint density at radius 2 is 2.00 bits per heavy atom. The molecule has 0 unspecified atom stereocenters. The summed E-state index contributed by atoms with van der Waals surface area (Å²) in [5.41, 5.74) is 0.268. The molecule has 2 rings (SSSR count). The van der Waals surface area contributed by atoms with E-state index >= 15 is 0 Å². The molecule has 2 heterocycles. The molecular weight excluding hydrogens is 198 g/mol. The van der Waals surface area contributed by atoms with Gasteiger partial charge in [-0.3, -0.25) is 4.98 Å². The lowest BCUT2D eigenvalue weighted by Gasteiger charge is -2.02. The van der Waals surface area contributed by atoms with Crippen LogP contribution in [0.1, 0.15) is 10.5 Å². The first kappa shape index (κ1) is 9.20. The molecule has 0 saturated carbocycles. The molecule has 0 radical (unpaired) electrons. The van der Waals surface area contributed by atoms with Crippen molar-refractivity contribution in [1.29, 1.82) is 0 Å². The number of rotatable bonds is 2. The van der Waals surface area contributed by atoms with Crippen LogP contribution in [0.5, 0.6) is 5.75 Å². The largest absolute Gasteiger partial charge is 0.504 e. The third-order valence-corrected chi connectivity index (χ3v) is 1.86. The summed E-state index contributed by atoms with van der Waals surface area (Å²) in [6, 6.07) is 3.19. The zero-order valence-electron chi connectivity index (χ0n) is 7.53. The molecule has 15 heavy (non-hydrogen) atoms. The Morgan fingerprint density at radius 3 is 2.60 bits per heavy atom. The second-order valence-electron chi connectivity index (χ2n) is 2.80. The van der Waals surface area contributed by atoms with Gasteiger partial charge in [0.05, 0.1) is 11.9 Å². The van der Waals surface area contributed by atoms with Crippen molar-refractivity contribution in [2.24, 2.45) is 0 Å². The van der Waals surface area contributed by atoms with Gasteiger partial charge in [-0.1, -0.05) is 0 Å². The van der Waals surface area contributed by atoms with Gasteiger partial charge in [0.15, 0.2) is 11.4 Å². The maximum Gasteiger partial charge on any atom is 0.358 e. The maximum absolute atomic E-state index is 10.8. The van der Waals surface area contributed by atoms with Gasteiger partial charge in [0.1, 0.15) is 0 Å². The number of pyridine rings is 1. The van der Waals surface area contributed by atoms with Crippen LogP contribution in [0.3, 0.4) is 0 Å². The number of carboxylic acid groups (broad SMARTS) is 1. The van der Waals surface area contributed by atoms with E-state index in [0.29, 0.717) is 5.69 Å². The molecule has 0 aliphatic carbocycles. The van der Waals surface area contributed by atoms with Crippen LogP contribution in [0, 0.1) is 0 Å². The van der Waals surface area contributed by atoms with Crippen molar-refractivity contribution in [2.75, 3.05) is 0 Å². The number of carbonyl (C=O) groups is 1. The summed E-state index contributed by atoms with van der Waals surface area (Å²) < 4.78 is 1.14. The third kappa shape index (κ3) is 1.52. The number of hydrogen-bond acceptors (Lipinski definition) is 4. The third-order valence-electron chi connectivity index (χ3n) is 1.86. The van der Waals surface area contributed by atoms with Gasteiger partial charge >= 0.3 is 5.97 Å². The van der Waals surface area contributed by atoms with Crippen LogP contribution in [0.2, 0.25) is 0 Å². The molecule has 2 aromatic heterocycles. The van der Waals surface area contributed by atoms with Gasteiger partial charge < -0.3 is 10.2 Å². The van der Waals surface area contributed by atoms with E-state index in [4.69, 9.17) is 5.11 Å². The summed E-state index contributed by atoms with van der Waals surface area (Å²) in [7, 11) is 0. The predicted molar refractivity (Wildman–Crippen MR) is 50.0 cm³/mol. The Balaban J connectivity index is 2.59. The second kappa shape index (κ2) is 3.41. The van der Waals surface area contributed by atoms with Crippen molar-refractivity contribution < 1.29 is 15.0 Å². The van der Waals surface area contributed by atoms with E-state index in [1.54, 1.807) is 12.1 Å². The number of hydrogen-bond donors (Lipinski definition) is 2. The van der Waals surface area contributed by atoms with Crippen LogP contribution in [0.15, 0.2) is 30.7 Å². The number of carboxylic acids is 1. The van der Waals surface area contributed by atoms with E-state index in [1.165, 1.54) is 12.4 Å². The van der Waals surface area contributed by atoms with Gasteiger partial charge in [-0.25, -0.2) is 9.48 Å². The number of nitrogens with zero attached hydrogens (tertiary/aromatic N) is 3. The highest BCUT2D eigenvalue weighted by Crippen LogP contribution is 2.19. The summed E-state index contributed by atoms with van der Waals surface area (Å²) in [5.74, 6) is -1.60. The molecule has 6 nitrogen and oxygen atoms in total. The normalized spacial score (nSPS) is 10.1. The Kier molecular flexibility index (Phi) is 2.09. The van der Waals surface area contributed by atoms with Gasteiger partial charge in [0.2, 0.25) is 0 Å². The fourth-order valence-electron chi connectivity index (χ4n) is 1.22. The molecule has 0 saturated heterocycles. The van der Waals surface area contributed by atoms with Crippen LogP contribution in [-0.2, 0) is 0 Å². The lowest BCUT2D eigenvalue weighted by molar-refractivity contribution is 0.0683. The lowest BCUT2D eigenvalue weighted by Crippen LogP contribution is -2.08. The first-order chi connectivity index (χ1) is 7.20. The molecule has 0 aliphatic heterocycles. The van der Waals surface area contributed by atoms with Gasteiger partial charge in [0, 0.05) is 12.4 Å². The monoisotopic (exact) mass is 205 g/mol. The molecule has 6 heteroatoms. The van der Waals surface area contributed by atoms with Crippen LogP contribution in [-0.4, -0.2) is 30.9 Å². The first-order valence-corrected chi connectivity index (χ1v) is 4.11. The molecule has 2 N–H and O–H groups in total. The maximum atomic E-state index is 10.8. The van der Waals surface area contributed by atoms with Crippen LogP contribution >= 0.6 is 0 Å². The van der Waals surface area contributed by atoms with E-state index in [1.807, 2.05) is 0 Å². The van der Waals surface area contributed by atoms with Gasteiger partial charge in [-0.05, 0) is 12.1 Å². The number of aromatic nitrogens is 3. The fourth-order valence-corrected chi connectivity index (χ4v) is 1.22. The van der Waals surface area contributed by atoms with E-state index < -0.39 is 5.97 Å². The molecule has 0 bridgehead atoms. The molecule has 0 spiro atoms. The summed E-state index contributed by atoms with van der Waals surface area (Å²) in [6.45, 7) is 0. The fraction of sp³-hybridized carbons (Fsp3) is 0.